The van der Waals surface area contributed by atoms with Gasteiger partial charge in [-0.15, -0.1) is 5.10 Å². The summed E-state index contributed by atoms with van der Waals surface area (Å²) in [7, 11) is 0. The van der Waals surface area contributed by atoms with Crippen molar-refractivity contribution < 1.29 is 4.79 Å². The summed E-state index contributed by atoms with van der Waals surface area (Å²) in [4.78, 5) is 12.4. The number of carbonyl (C=O) groups is 1. The summed E-state index contributed by atoms with van der Waals surface area (Å²) >= 11 is 6.27. The standard InChI is InChI=1S/C17H14ClN3O/c1-12-7-9-14(10-8-12)16(22)15-17(18)21(20-19-15)11-13-5-3-2-4-6-13/h2-10H,11H2,1H3. The van der Waals surface area contributed by atoms with Gasteiger partial charge in [-0.1, -0.05) is 77.0 Å². The molecule has 2 aromatic carbocycles. The van der Waals surface area contributed by atoms with E-state index in [0.29, 0.717) is 12.1 Å². The maximum absolute atomic E-state index is 12.4. The van der Waals surface area contributed by atoms with E-state index in [1.165, 1.54) is 4.68 Å². The van der Waals surface area contributed by atoms with E-state index >= 15 is 0 Å². The Bertz CT molecular complexity index is 795. The minimum absolute atomic E-state index is 0.182. The maximum atomic E-state index is 12.4. The first-order valence-corrected chi connectivity index (χ1v) is 7.27. The molecule has 0 atom stereocenters. The second-order valence-electron chi connectivity index (χ2n) is 5.07. The summed E-state index contributed by atoms with van der Waals surface area (Å²) in [6.07, 6.45) is 0. The van der Waals surface area contributed by atoms with Gasteiger partial charge in [0.05, 0.1) is 6.54 Å². The highest BCUT2D eigenvalue weighted by atomic mass is 35.5. The second kappa shape index (κ2) is 6.12. The lowest BCUT2D eigenvalue weighted by Crippen LogP contribution is -2.04. The summed E-state index contributed by atoms with van der Waals surface area (Å²) in [6, 6.07) is 17.1. The molecule has 0 spiro atoms. The number of hydrogen-bond donors (Lipinski definition) is 0. The molecule has 5 heteroatoms. The second-order valence-corrected chi connectivity index (χ2v) is 5.43. The van der Waals surface area contributed by atoms with E-state index in [4.69, 9.17) is 11.6 Å². The van der Waals surface area contributed by atoms with Gasteiger partial charge in [-0.3, -0.25) is 4.79 Å². The van der Waals surface area contributed by atoms with E-state index in [1.54, 1.807) is 12.1 Å². The van der Waals surface area contributed by atoms with Crippen LogP contribution in [0.3, 0.4) is 0 Å². The molecule has 0 radical (unpaired) electrons. The van der Waals surface area contributed by atoms with Gasteiger partial charge >= 0.3 is 0 Å². The number of aryl methyl sites for hydroxylation is 1. The van der Waals surface area contributed by atoms with Crippen molar-refractivity contribution in [3.05, 3.63) is 82.1 Å². The van der Waals surface area contributed by atoms with Crippen molar-refractivity contribution in [2.75, 3.05) is 0 Å². The first kappa shape index (κ1) is 14.5. The Hall–Kier alpha value is -2.46. The molecule has 3 rings (SSSR count). The largest absolute Gasteiger partial charge is 0.287 e. The monoisotopic (exact) mass is 311 g/mol. The van der Waals surface area contributed by atoms with Crippen molar-refractivity contribution in [2.45, 2.75) is 13.5 Å². The Balaban J connectivity index is 1.87. The first-order valence-electron chi connectivity index (χ1n) is 6.89. The Kier molecular flexibility index (Phi) is 4.02. The van der Waals surface area contributed by atoms with Crippen LogP contribution in [0.1, 0.15) is 27.2 Å². The summed E-state index contributed by atoms with van der Waals surface area (Å²) in [6.45, 7) is 2.45. The lowest BCUT2D eigenvalue weighted by atomic mass is 10.1. The van der Waals surface area contributed by atoms with Crippen LogP contribution in [0.15, 0.2) is 54.6 Å². The summed E-state index contributed by atoms with van der Waals surface area (Å²) in [5, 5.41) is 8.19. The number of ketones is 1. The van der Waals surface area contributed by atoms with Gasteiger partial charge in [0.1, 0.15) is 0 Å². The zero-order chi connectivity index (χ0) is 15.5. The molecule has 0 aliphatic rings. The minimum atomic E-state index is -0.218. The Morgan fingerprint density at radius 1 is 1.09 bits per heavy atom. The molecule has 0 unspecified atom stereocenters. The molecule has 0 bridgehead atoms. The Labute approximate surface area is 133 Å². The number of aromatic nitrogens is 3. The molecule has 1 heterocycles. The van der Waals surface area contributed by atoms with Gasteiger partial charge in [-0.05, 0) is 12.5 Å². The van der Waals surface area contributed by atoms with E-state index in [0.717, 1.165) is 11.1 Å². The van der Waals surface area contributed by atoms with E-state index in [1.807, 2.05) is 49.4 Å². The summed E-state index contributed by atoms with van der Waals surface area (Å²) < 4.78 is 1.53. The van der Waals surface area contributed by atoms with E-state index in [2.05, 4.69) is 10.3 Å². The van der Waals surface area contributed by atoms with Crippen LogP contribution < -0.4 is 0 Å². The van der Waals surface area contributed by atoms with E-state index < -0.39 is 0 Å². The average Bonchev–Trinajstić information content (AvgIpc) is 2.89. The predicted octanol–water partition coefficient (Wildman–Crippen LogP) is 3.52. The molecule has 0 fully saturated rings. The van der Waals surface area contributed by atoms with Gasteiger partial charge < -0.3 is 0 Å². The predicted molar refractivity (Wildman–Crippen MR) is 85.2 cm³/mol. The molecule has 3 aromatic rings. The van der Waals surface area contributed by atoms with Crippen molar-refractivity contribution in [3.63, 3.8) is 0 Å². The van der Waals surface area contributed by atoms with Crippen LogP contribution in [0, 0.1) is 6.92 Å². The topological polar surface area (TPSA) is 47.8 Å². The number of rotatable bonds is 4. The molecule has 0 N–H and O–H groups in total. The summed E-state index contributed by atoms with van der Waals surface area (Å²) in [5.74, 6) is -0.218. The Morgan fingerprint density at radius 2 is 1.77 bits per heavy atom. The molecule has 110 valence electrons. The molecule has 1 aromatic heterocycles. The summed E-state index contributed by atoms with van der Waals surface area (Å²) in [5.41, 5.74) is 2.87. The van der Waals surface area contributed by atoms with Crippen LogP contribution in [0.25, 0.3) is 0 Å². The van der Waals surface area contributed by atoms with Crippen molar-refractivity contribution >= 4 is 17.4 Å². The van der Waals surface area contributed by atoms with Crippen molar-refractivity contribution in [3.8, 4) is 0 Å². The van der Waals surface area contributed by atoms with Gasteiger partial charge in [0.15, 0.2) is 10.8 Å². The van der Waals surface area contributed by atoms with Gasteiger partial charge in [0.25, 0.3) is 0 Å². The quantitative estimate of drug-likeness (QED) is 0.693. The fourth-order valence-corrected chi connectivity index (χ4v) is 2.36. The van der Waals surface area contributed by atoms with Crippen LogP contribution in [-0.2, 0) is 6.54 Å². The van der Waals surface area contributed by atoms with Gasteiger partial charge in [0, 0.05) is 5.56 Å². The highest BCUT2D eigenvalue weighted by Gasteiger charge is 2.19. The zero-order valence-electron chi connectivity index (χ0n) is 12.0. The third-order valence-electron chi connectivity index (χ3n) is 3.38. The van der Waals surface area contributed by atoms with Crippen molar-refractivity contribution in [2.24, 2.45) is 0 Å². The molecule has 0 amide bonds. The van der Waals surface area contributed by atoms with Crippen molar-refractivity contribution in [1.82, 2.24) is 15.0 Å². The first-order chi connectivity index (χ1) is 10.6. The van der Waals surface area contributed by atoms with Crippen molar-refractivity contribution in [1.29, 1.82) is 0 Å². The van der Waals surface area contributed by atoms with E-state index in [-0.39, 0.29) is 16.6 Å². The molecule has 0 aliphatic heterocycles. The fraction of sp³-hybridized carbons (Fsp3) is 0.118. The van der Waals surface area contributed by atoms with Crippen LogP contribution in [-0.4, -0.2) is 20.8 Å². The van der Waals surface area contributed by atoms with E-state index in [9.17, 15) is 4.79 Å². The third-order valence-corrected chi connectivity index (χ3v) is 3.75. The maximum Gasteiger partial charge on any atom is 0.216 e. The number of hydrogen-bond acceptors (Lipinski definition) is 3. The molecular weight excluding hydrogens is 298 g/mol. The molecule has 0 saturated carbocycles. The number of halogens is 1. The SMILES string of the molecule is Cc1ccc(C(=O)c2nnn(Cc3ccccc3)c2Cl)cc1. The van der Waals surface area contributed by atoms with Crippen LogP contribution in [0.2, 0.25) is 5.15 Å². The van der Waals surface area contributed by atoms with Gasteiger partial charge in [0.2, 0.25) is 5.78 Å². The average molecular weight is 312 g/mol. The molecule has 4 nitrogen and oxygen atoms in total. The van der Waals surface area contributed by atoms with Crippen LogP contribution >= 0.6 is 11.6 Å². The smallest absolute Gasteiger partial charge is 0.216 e. The normalized spacial score (nSPS) is 10.6. The van der Waals surface area contributed by atoms with Gasteiger partial charge in [-0.2, -0.15) is 0 Å². The number of nitrogens with zero attached hydrogens (tertiary/aromatic N) is 3. The lowest BCUT2D eigenvalue weighted by Gasteiger charge is -2.02. The molecule has 0 aliphatic carbocycles. The fourth-order valence-electron chi connectivity index (χ4n) is 2.14. The zero-order valence-corrected chi connectivity index (χ0v) is 12.8. The third kappa shape index (κ3) is 2.92. The lowest BCUT2D eigenvalue weighted by molar-refractivity contribution is 0.103. The number of carbonyl (C=O) groups excluding carboxylic acids is 1. The number of benzene rings is 2. The molecule has 0 saturated heterocycles. The van der Waals surface area contributed by atoms with Crippen LogP contribution in [0.5, 0.6) is 0 Å². The minimum Gasteiger partial charge on any atom is -0.287 e. The Morgan fingerprint density at radius 3 is 2.45 bits per heavy atom. The molecule has 22 heavy (non-hydrogen) atoms. The molecular formula is C17H14ClN3O. The van der Waals surface area contributed by atoms with Gasteiger partial charge in [-0.25, -0.2) is 4.68 Å². The highest BCUT2D eigenvalue weighted by molar-refractivity contribution is 6.33. The van der Waals surface area contributed by atoms with Crippen LogP contribution in [0.4, 0.5) is 0 Å². The highest BCUT2D eigenvalue weighted by Crippen LogP contribution is 2.18.